The Labute approximate surface area is 173 Å². The number of aryl methyl sites for hydroxylation is 2. The average Bonchev–Trinajstić information content (AvgIpc) is 3.19. The van der Waals surface area contributed by atoms with Gasteiger partial charge in [0.25, 0.3) is 5.91 Å². The molecule has 4 rings (SSSR count). The van der Waals surface area contributed by atoms with E-state index in [0.717, 1.165) is 41.0 Å². The first-order chi connectivity index (χ1) is 14.0. The number of nitrogens with zero attached hydrogens (tertiary/aromatic N) is 3. The normalized spacial score (nSPS) is 15.0. The van der Waals surface area contributed by atoms with Gasteiger partial charge in [0.1, 0.15) is 5.82 Å². The standard InChI is InChI=1S/C22H24FN3O2S/c1-15-3-4-16(2)20-19(15)24-22(29-20)26(10-9-25-11-13-28-14-12-25)21(27)17-5-7-18(23)8-6-17/h3-8H,9-14H2,1-2H3. The number of hydrogen-bond donors (Lipinski definition) is 0. The van der Waals surface area contributed by atoms with Crippen molar-refractivity contribution < 1.29 is 13.9 Å². The van der Waals surface area contributed by atoms with Crippen LogP contribution in [0.15, 0.2) is 36.4 Å². The van der Waals surface area contributed by atoms with Gasteiger partial charge >= 0.3 is 0 Å². The summed E-state index contributed by atoms with van der Waals surface area (Å²) in [4.78, 5) is 22.1. The number of halogens is 1. The van der Waals surface area contributed by atoms with Crippen molar-refractivity contribution in [3.8, 4) is 0 Å². The smallest absolute Gasteiger partial charge is 0.260 e. The molecule has 1 aliphatic rings. The predicted octanol–water partition coefficient (Wildman–Crippen LogP) is 4.03. The van der Waals surface area contributed by atoms with Crippen LogP contribution in [0, 0.1) is 19.7 Å². The third-order valence-corrected chi connectivity index (χ3v) is 6.46. The van der Waals surface area contributed by atoms with Gasteiger partial charge in [-0.2, -0.15) is 0 Å². The molecule has 0 atom stereocenters. The Kier molecular flexibility index (Phi) is 5.89. The van der Waals surface area contributed by atoms with E-state index < -0.39 is 0 Å². The minimum absolute atomic E-state index is 0.160. The molecular weight excluding hydrogens is 389 g/mol. The molecule has 0 spiro atoms. The van der Waals surface area contributed by atoms with Crippen molar-refractivity contribution >= 4 is 32.6 Å². The molecule has 1 saturated heterocycles. The van der Waals surface area contributed by atoms with Gasteiger partial charge in [-0.15, -0.1) is 0 Å². The molecule has 0 bridgehead atoms. The Bertz CT molecular complexity index is 974. The molecule has 152 valence electrons. The molecule has 5 nitrogen and oxygen atoms in total. The van der Waals surface area contributed by atoms with Crippen LogP contribution in [0.25, 0.3) is 10.2 Å². The predicted molar refractivity (Wildman–Crippen MR) is 114 cm³/mol. The molecule has 1 aromatic heterocycles. The van der Waals surface area contributed by atoms with Gasteiger partial charge in [0.2, 0.25) is 0 Å². The monoisotopic (exact) mass is 413 g/mol. The molecule has 2 heterocycles. The van der Waals surface area contributed by atoms with Gasteiger partial charge in [0.05, 0.1) is 23.4 Å². The highest BCUT2D eigenvalue weighted by molar-refractivity contribution is 7.22. The number of carbonyl (C=O) groups is 1. The number of benzene rings is 2. The van der Waals surface area contributed by atoms with Crippen molar-refractivity contribution in [2.24, 2.45) is 0 Å². The zero-order chi connectivity index (χ0) is 20.4. The van der Waals surface area contributed by atoms with E-state index >= 15 is 0 Å². The quantitative estimate of drug-likeness (QED) is 0.634. The maximum Gasteiger partial charge on any atom is 0.260 e. The highest BCUT2D eigenvalue weighted by atomic mass is 32.1. The fourth-order valence-electron chi connectivity index (χ4n) is 3.46. The zero-order valence-corrected chi connectivity index (χ0v) is 17.5. The molecule has 0 N–H and O–H groups in total. The summed E-state index contributed by atoms with van der Waals surface area (Å²) in [5.74, 6) is -0.514. The minimum atomic E-state index is -0.354. The number of carbonyl (C=O) groups excluding carboxylic acids is 1. The molecule has 2 aromatic carbocycles. The fraction of sp³-hybridized carbons (Fsp3) is 0.364. The summed E-state index contributed by atoms with van der Waals surface area (Å²) in [6, 6.07) is 9.84. The lowest BCUT2D eigenvalue weighted by molar-refractivity contribution is 0.0391. The number of thiazole rings is 1. The van der Waals surface area contributed by atoms with Gasteiger partial charge in [0.15, 0.2) is 5.13 Å². The molecule has 1 fully saturated rings. The maximum absolute atomic E-state index is 13.3. The van der Waals surface area contributed by atoms with E-state index in [1.807, 2.05) is 6.92 Å². The molecule has 1 aliphatic heterocycles. The van der Waals surface area contributed by atoms with E-state index in [1.54, 1.807) is 4.90 Å². The van der Waals surface area contributed by atoms with E-state index in [9.17, 15) is 9.18 Å². The van der Waals surface area contributed by atoms with E-state index in [-0.39, 0.29) is 11.7 Å². The number of amides is 1. The first-order valence-electron chi connectivity index (χ1n) is 9.77. The number of aromatic nitrogens is 1. The van der Waals surface area contributed by atoms with Gasteiger partial charge in [0, 0.05) is 31.7 Å². The molecule has 0 unspecified atom stereocenters. The van der Waals surface area contributed by atoms with Crippen LogP contribution < -0.4 is 4.90 Å². The van der Waals surface area contributed by atoms with Crippen molar-refractivity contribution in [3.63, 3.8) is 0 Å². The molecule has 0 aliphatic carbocycles. The summed E-state index contributed by atoms with van der Waals surface area (Å²) < 4.78 is 19.9. The van der Waals surface area contributed by atoms with Crippen molar-refractivity contribution in [2.75, 3.05) is 44.3 Å². The lowest BCUT2D eigenvalue weighted by Gasteiger charge is -2.29. The van der Waals surface area contributed by atoms with Crippen LogP contribution in [0.4, 0.5) is 9.52 Å². The van der Waals surface area contributed by atoms with Crippen molar-refractivity contribution in [2.45, 2.75) is 13.8 Å². The third kappa shape index (κ3) is 4.32. The largest absolute Gasteiger partial charge is 0.379 e. The summed E-state index contributed by atoms with van der Waals surface area (Å²) >= 11 is 1.54. The maximum atomic E-state index is 13.3. The van der Waals surface area contributed by atoms with Crippen LogP contribution in [-0.2, 0) is 4.74 Å². The molecule has 7 heteroatoms. The van der Waals surface area contributed by atoms with E-state index in [0.29, 0.717) is 30.5 Å². The second-order valence-corrected chi connectivity index (χ2v) is 8.27. The summed E-state index contributed by atoms with van der Waals surface area (Å²) in [6.45, 7) is 8.50. The van der Waals surface area contributed by atoms with Crippen molar-refractivity contribution in [1.29, 1.82) is 0 Å². The molecule has 29 heavy (non-hydrogen) atoms. The van der Waals surface area contributed by atoms with Crippen LogP contribution in [-0.4, -0.2) is 55.2 Å². The zero-order valence-electron chi connectivity index (χ0n) is 16.7. The number of anilines is 1. The van der Waals surface area contributed by atoms with Gasteiger partial charge in [-0.25, -0.2) is 9.37 Å². The lowest BCUT2D eigenvalue weighted by atomic mass is 10.1. The molecule has 0 radical (unpaired) electrons. The van der Waals surface area contributed by atoms with Gasteiger partial charge in [-0.3, -0.25) is 14.6 Å². The van der Waals surface area contributed by atoms with Gasteiger partial charge < -0.3 is 4.74 Å². The second kappa shape index (κ2) is 8.57. The van der Waals surface area contributed by atoms with Crippen LogP contribution in [0.3, 0.4) is 0 Å². The molecular formula is C22H24FN3O2S. The van der Waals surface area contributed by atoms with Gasteiger partial charge in [-0.05, 0) is 49.2 Å². The first-order valence-corrected chi connectivity index (χ1v) is 10.6. The van der Waals surface area contributed by atoms with Crippen LogP contribution >= 0.6 is 11.3 Å². The summed E-state index contributed by atoms with van der Waals surface area (Å²) in [5.41, 5.74) is 3.64. The van der Waals surface area contributed by atoms with Crippen LogP contribution in [0.5, 0.6) is 0 Å². The number of rotatable bonds is 5. The van der Waals surface area contributed by atoms with Crippen LogP contribution in [0.1, 0.15) is 21.5 Å². The Morgan fingerprint density at radius 1 is 1.14 bits per heavy atom. The average molecular weight is 414 g/mol. The number of hydrogen-bond acceptors (Lipinski definition) is 5. The summed E-state index contributed by atoms with van der Waals surface area (Å²) in [7, 11) is 0. The van der Waals surface area contributed by atoms with E-state index in [1.165, 1.54) is 35.6 Å². The number of morpholine rings is 1. The summed E-state index contributed by atoms with van der Waals surface area (Å²) in [6.07, 6.45) is 0. The van der Waals surface area contributed by atoms with E-state index in [4.69, 9.17) is 9.72 Å². The molecule has 3 aromatic rings. The van der Waals surface area contributed by atoms with Crippen molar-refractivity contribution in [3.05, 3.63) is 58.9 Å². The number of ether oxygens (including phenoxy) is 1. The Balaban J connectivity index is 1.67. The Morgan fingerprint density at radius 3 is 2.52 bits per heavy atom. The second-order valence-electron chi connectivity index (χ2n) is 7.29. The van der Waals surface area contributed by atoms with Gasteiger partial charge in [-0.1, -0.05) is 23.5 Å². The lowest BCUT2D eigenvalue weighted by Crippen LogP contribution is -2.43. The highest BCUT2D eigenvalue weighted by Gasteiger charge is 2.23. The molecule has 0 saturated carbocycles. The minimum Gasteiger partial charge on any atom is -0.379 e. The third-order valence-electron chi connectivity index (χ3n) is 5.24. The number of fused-ring (bicyclic) bond motifs is 1. The van der Waals surface area contributed by atoms with Crippen LogP contribution in [0.2, 0.25) is 0 Å². The fourth-order valence-corrected chi connectivity index (χ4v) is 4.60. The van der Waals surface area contributed by atoms with E-state index in [2.05, 4.69) is 24.0 Å². The molecule has 1 amide bonds. The Morgan fingerprint density at radius 2 is 1.83 bits per heavy atom. The van der Waals surface area contributed by atoms with Crippen molar-refractivity contribution in [1.82, 2.24) is 9.88 Å². The first kappa shape index (κ1) is 19.9. The topological polar surface area (TPSA) is 45.7 Å². The Hall–Kier alpha value is -2.35. The SMILES string of the molecule is Cc1ccc(C)c2sc(N(CCN3CCOCC3)C(=O)c3ccc(F)cc3)nc12. The highest BCUT2D eigenvalue weighted by Crippen LogP contribution is 2.33. The summed E-state index contributed by atoms with van der Waals surface area (Å²) in [5, 5.41) is 0.681.